The number of ether oxygens (including phenoxy) is 2. The number of amides is 3. The van der Waals surface area contributed by atoms with Crippen molar-refractivity contribution < 1.29 is 32.2 Å². The first-order valence-corrected chi connectivity index (χ1v) is 10.4. The highest BCUT2D eigenvalue weighted by Gasteiger charge is 2.40. The van der Waals surface area contributed by atoms with Gasteiger partial charge in [0.05, 0.1) is 24.8 Å². The van der Waals surface area contributed by atoms with E-state index >= 15 is 0 Å². The summed E-state index contributed by atoms with van der Waals surface area (Å²) in [5.41, 5.74) is -0.504. The monoisotopic (exact) mass is 441 g/mol. The molecule has 2 atom stereocenters. The van der Waals surface area contributed by atoms with Crippen LogP contribution < -0.4 is 10.1 Å². The molecular weight excluding hydrogens is 415 g/mol. The van der Waals surface area contributed by atoms with Crippen molar-refractivity contribution in [1.29, 1.82) is 0 Å². The highest BCUT2D eigenvalue weighted by atomic mass is 19.4. The number of benzene rings is 1. The molecule has 3 amide bonds. The number of carbonyl (C=O) groups excluding carboxylic acids is 2. The van der Waals surface area contributed by atoms with Gasteiger partial charge in [0.2, 0.25) is 5.91 Å². The lowest BCUT2D eigenvalue weighted by atomic mass is 9.90. The summed E-state index contributed by atoms with van der Waals surface area (Å²) in [6, 6.07) is 3.67. The maximum Gasteiger partial charge on any atom is 0.416 e. The molecule has 31 heavy (non-hydrogen) atoms. The summed E-state index contributed by atoms with van der Waals surface area (Å²) in [6.45, 7) is 2.07. The van der Waals surface area contributed by atoms with Crippen LogP contribution in [0.15, 0.2) is 18.2 Å². The topological polar surface area (TPSA) is 71.1 Å². The minimum atomic E-state index is -4.43. The fourth-order valence-corrected chi connectivity index (χ4v) is 4.61. The van der Waals surface area contributed by atoms with E-state index in [1.54, 1.807) is 15.9 Å². The molecule has 0 bridgehead atoms. The average Bonchev–Trinajstić information content (AvgIpc) is 2.71. The van der Waals surface area contributed by atoms with Crippen LogP contribution in [0.2, 0.25) is 0 Å². The van der Waals surface area contributed by atoms with Crippen LogP contribution in [0.1, 0.15) is 24.0 Å². The van der Waals surface area contributed by atoms with E-state index < -0.39 is 11.7 Å². The summed E-state index contributed by atoms with van der Waals surface area (Å²) in [5, 5.41) is 2.87. The Morgan fingerprint density at radius 1 is 1.26 bits per heavy atom. The molecule has 170 valence electrons. The second kappa shape index (κ2) is 8.57. The van der Waals surface area contributed by atoms with Crippen molar-refractivity contribution in [1.82, 2.24) is 15.1 Å². The van der Waals surface area contributed by atoms with Crippen LogP contribution in [0.25, 0.3) is 0 Å². The number of morpholine rings is 1. The van der Waals surface area contributed by atoms with Crippen LogP contribution in [0.5, 0.6) is 5.75 Å². The third kappa shape index (κ3) is 4.58. The van der Waals surface area contributed by atoms with Gasteiger partial charge in [-0.3, -0.25) is 4.79 Å². The van der Waals surface area contributed by atoms with Gasteiger partial charge in [0, 0.05) is 31.7 Å². The second-order valence-electron chi connectivity index (χ2n) is 8.33. The average molecular weight is 441 g/mol. The molecule has 0 aliphatic carbocycles. The number of fused-ring (bicyclic) bond motifs is 1. The van der Waals surface area contributed by atoms with E-state index in [2.05, 4.69) is 5.32 Å². The molecule has 7 nitrogen and oxygen atoms in total. The molecule has 0 spiro atoms. The highest BCUT2D eigenvalue weighted by molar-refractivity contribution is 5.79. The maximum atomic E-state index is 13.4. The fraction of sp³-hybridized carbons (Fsp3) is 0.619. The molecule has 3 heterocycles. The van der Waals surface area contributed by atoms with Crippen molar-refractivity contribution >= 4 is 11.9 Å². The van der Waals surface area contributed by atoms with Crippen LogP contribution in [0, 0.1) is 5.92 Å². The second-order valence-corrected chi connectivity index (χ2v) is 8.33. The number of rotatable bonds is 4. The van der Waals surface area contributed by atoms with E-state index in [4.69, 9.17) is 9.47 Å². The number of methoxy groups -OCH3 is 1. The van der Waals surface area contributed by atoms with E-state index in [-0.39, 0.29) is 54.3 Å². The van der Waals surface area contributed by atoms with Crippen molar-refractivity contribution in [2.24, 2.45) is 5.92 Å². The Bertz CT molecular complexity index is 842. The van der Waals surface area contributed by atoms with Gasteiger partial charge >= 0.3 is 12.2 Å². The maximum absolute atomic E-state index is 13.4. The van der Waals surface area contributed by atoms with E-state index in [1.165, 1.54) is 13.2 Å². The lowest BCUT2D eigenvalue weighted by Crippen LogP contribution is -2.64. The van der Waals surface area contributed by atoms with Crippen LogP contribution in [0.4, 0.5) is 18.0 Å². The third-order valence-corrected chi connectivity index (χ3v) is 6.28. The molecule has 0 unspecified atom stereocenters. The number of hydrogen-bond acceptors (Lipinski definition) is 4. The Morgan fingerprint density at radius 2 is 2.03 bits per heavy atom. The Balaban J connectivity index is 1.30. The van der Waals surface area contributed by atoms with Gasteiger partial charge in [-0.15, -0.1) is 0 Å². The third-order valence-electron chi connectivity index (χ3n) is 6.28. The molecule has 1 aromatic carbocycles. The summed E-state index contributed by atoms with van der Waals surface area (Å²) < 4.78 is 50.7. The van der Waals surface area contributed by atoms with Crippen molar-refractivity contribution in [3.63, 3.8) is 0 Å². The number of nitrogens with zero attached hydrogens (tertiary/aromatic N) is 2. The van der Waals surface area contributed by atoms with Crippen LogP contribution in [0.3, 0.4) is 0 Å². The standard InChI is InChI=1S/C21H26F3N3O4/c1-30-17-4-2-3-15(21(22,23)24)14(17)6-5-13-9-27(10-13)20(29)26-8-7-18-16(11-26)25-19(28)12-31-18/h2-4,13,16,18H,5-12H2,1H3,(H,25,28)/t16-,18+/m1/s1. The van der Waals surface area contributed by atoms with E-state index in [0.717, 1.165) is 6.07 Å². The zero-order valence-electron chi connectivity index (χ0n) is 17.3. The first-order valence-electron chi connectivity index (χ1n) is 10.4. The number of halogens is 3. The smallest absolute Gasteiger partial charge is 0.416 e. The van der Waals surface area contributed by atoms with Gasteiger partial charge in [0.1, 0.15) is 12.4 Å². The Kier molecular flexibility index (Phi) is 6.00. The van der Waals surface area contributed by atoms with Gasteiger partial charge in [-0.2, -0.15) is 13.2 Å². The Morgan fingerprint density at radius 3 is 2.74 bits per heavy atom. The zero-order chi connectivity index (χ0) is 22.2. The van der Waals surface area contributed by atoms with E-state index in [1.807, 2.05) is 0 Å². The highest BCUT2D eigenvalue weighted by Crippen LogP contribution is 2.37. The van der Waals surface area contributed by atoms with Gasteiger partial charge in [0.25, 0.3) is 0 Å². The lowest BCUT2D eigenvalue weighted by molar-refractivity contribution is -0.140. The van der Waals surface area contributed by atoms with Gasteiger partial charge < -0.3 is 24.6 Å². The van der Waals surface area contributed by atoms with Crippen molar-refractivity contribution in [3.8, 4) is 5.75 Å². The summed E-state index contributed by atoms with van der Waals surface area (Å²) in [5.74, 6) is 0.209. The molecule has 4 rings (SSSR count). The lowest BCUT2D eigenvalue weighted by Gasteiger charge is -2.46. The number of urea groups is 1. The molecule has 0 aromatic heterocycles. The molecule has 1 N–H and O–H groups in total. The number of alkyl halides is 3. The molecule has 3 fully saturated rings. The van der Waals surface area contributed by atoms with Gasteiger partial charge in [-0.25, -0.2) is 4.79 Å². The van der Waals surface area contributed by atoms with Crippen molar-refractivity contribution in [2.45, 2.75) is 37.6 Å². The quantitative estimate of drug-likeness (QED) is 0.779. The SMILES string of the molecule is COc1cccc(C(F)(F)F)c1CCC1CN(C(=O)N2CC[C@@H]3OCC(=O)N[C@@H]3C2)C1. The fourth-order valence-electron chi connectivity index (χ4n) is 4.61. The predicted molar refractivity (Wildman–Crippen MR) is 105 cm³/mol. The molecule has 3 aliphatic rings. The molecule has 1 aromatic rings. The molecular formula is C21H26F3N3O4. The van der Waals surface area contributed by atoms with Crippen LogP contribution in [-0.4, -0.2) is 73.8 Å². The van der Waals surface area contributed by atoms with E-state index in [9.17, 15) is 22.8 Å². The van der Waals surface area contributed by atoms with Crippen molar-refractivity contribution in [2.75, 3.05) is 39.9 Å². The summed E-state index contributed by atoms with van der Waals surface area (Å²) >= 11 is 0. The summed E-state index contributed by atoms with van der Waals surface area (Å²) in [4.78, 5) is 27.7. The zero-order valence-corrected chi connectivity index (χ0v) is 17.3. The van der Waals surface area contributed by atoms with Gasteiger partial charge in [-0.1, -0.05) is 6.07 Å². The first-order chi connectivity index (χ1) is 14.8. The van der Waals surface area contributed by atoms with E-state index in [0.29, 0.717) is 39.0 Å². The van der Waals surface area contributed by atoms with Crippen LogP contribution >= 0.6 is 0 Å². The number of nitrogens with one attached hydrogen (secondary N) is 1. The largest absolute Gasteiger partial charge is 0.496 e. The van der Waals surface area contributed by atoms with Gasteiger partial charge in [-0.05, 0) is 37.3 Å². The number of carbonyl (C=O) groups is 2. The number of piperidine rings is 1. The first kappa shape index (κ1) is 21.7. The Labute approximate surface area is 178 Å². The predicted octanol–water partition coefficient (Wildman–Crippen LogP) is 2.29. The normalized spacial score (nSPS) is 24.3. The van der Waals surface area contributed by atoms with Crippen LogP contribution in [-0.2, 0) is 22.1 Å². The number of likely N-dealkylation sites (tertiary alicyclic amines) is 2. The summed E-state index contributed by atoms with van der Waals surface area (Å²) in [6.07, 6.45) is -3.04. The minimum Gasteiger partial charge on any atom is -0.496 e. The molecule has 10 heteroatoms. The van der Waals surface area contributed by atoms with Gasteiger partial charge in [0.15, 0.2) is 0 Å². The summed E-state index contributed by atoms with van der Waals surface area (Å²) in [7, 11) is 1.37. The van der Waals surface area contributed by atoms with Crippen molar-refractivity contribution in [3.05, 3.63) is 29.3 Å². The molecule has 0 radical (unpaired) electrons. The Hall–Kier alpha value is -2.49. The molecule has 0 saturated carbocycles. The molecule has 3 saturated heterocycles. The minimum absolute atomic E-state index is 0.0606. The molecule has 3 aliphatic heterocycles. The number of hydrogen-bond donors (Lipinski definition) is 1.